The summed E-state index contributed by atoms with van der Waals surface area (Å²) in [6, 6.07) is 0.172. The van der Waals surface area contributed by atoms with Crippen molar-refractivity contribution >= 4 is 23.5 Å². The number of rotatable bonds is 5. The Balaban J connectivity index is 2.10. The molecule has 3 amide bonds. The van der Waals surface area contributed by atoms with Crippen LogP contribution in [-0.4, -0.2) is 47.9 Å². The number of hydrogen-bond acceptors (Lipinski definition) is 3. The third-order valence-electron chi connectivity index (χ3n) is 3.45. The van der Waals surface area contributed by atoms with Gasteiger partial charge in [0.2, 0.25) is 5.91 Å². The standard InChI is InChI=1S/C13H24ClN3O2/c1-10-6-3-4-8-17(10)9-5-7-15-13(19)16-12(18)11(2)14/h10-11H,3-9H2,1-2H3,(H2,15,16,18,19). The van der Waals surface area contributed by atoms with Crippen LogP contribution in [0.2, 0.25) is 0 Å². The summed E-state index contributed by atoms with van der Waals surface area (Å²) in [5.41, 5.74) is 0. The van der Waals surface area contributed by atoms with E-state index in [4.69, 9.17) is 11.6 Å². The fraction of sp³-hybridized carbons (Fsp3) is 0.846. The third-order valence-corrected chi connectivity index (χ3v) is 3.64. The van der Waals surface area contributed by atoms with E-state index in [-0.39, 0.29) is 0 Å². The number of piperidine rings is 1. The molecule has 0 aromatic heterocycles. The van der Waals surface area contributed by atoms with Crippen LogP contribution in [0.15, 0.2) is 0 Å². The molecule has 1 heterocycles. The first kappa shape index (κ1) is 16.2. The van der Waals surface area contributed by atoms with Gasteiger partial charge in [0.25, 0.3) is 0 Å². The van der Waals surface area contributed by atoms with Crippen molar-refractivity contribution in [3.63, 3.8) is 0 Å². The number of nitrogens with one attached hydrogen (secondary N) is 2. The summed E-state index contributed by atoms with van der Waals surface area (Å²) in [6.45, 7) is 6.48. The summed E-state index contributed by atoms with van der Waals surface area (Å²) in [5, 5.41) is 4.16. The molecule has 6 heteroatoms. The summed E-state index contributed by atoms with van der Waals surface area (Å²) in [6.07, 6.45) is 4.73. The summed E-state index contributed by atoms with van der Waals surface area (Å²) in [4.78, 5) is 25.0. The lowest BCUT2D eigenvalue weighted by Crippen LogP contribution is -2.43. The number of carbonyl (C=O) groups is 2. The van der Waals surface area contributed by atoms with Crippen LogP contribution in [0.25, 0.3) is 0 Å². The third kappa shape index (κ3) is 6.25. The van der Waals surface area contributed by atoms with Gasteiger partial charge in [0.15, 0.2) is 0 Å². The molecule has 0 aromatic rings. The second-order valence-electron chi connectivity index (χ2n) is 5.10. The number of alkyl halides is 1. The molecule has 0 saturated carbocycles. The molecular formula is C13H24ClN3O2. The smallest absolute Gasteiger partial charge is 0.321 e. The largest absolute Gasteiger partial charge is 0.338 e. The maximum absolute atomic E-state index is 11.4. The lowest BCUT2D eigenvalue weighted by atomic mass is 10.0. The van der Waals surface area contributed by atoms with Crippen LogP contribution in [-0.2, 0) is 4.79 Å². The van der Waals surface area contributed by atoms with Gasteiger partial charge in [-0.25, -0.2) is 4.79 Å². The van der Waals surface area contributed by atoms with Gasteiger partial charge in [-0.3, -0.25) is 10.1 Å². The van der Waals surface area contributed by atoms with Crippen molar-refractivity contribution in [3.05, 3.63) is 0 Å². The minimum atomic E-state index is -0.694. The predicted molar refractivity (Wildman–Crippen MR) is 76.4 cm³/mol. The van der Waals surface area contributed by atoms with E-state index in [1.165, 1.54) is 26.2 Å². The van der Waals surface area contributed by atoms with Gasteiger partial charge in [0.05, 0.1) is 0 Å². The molecule has 0 aromatic carbocycles. The maximum Gasteiger partial charge on any atom is 0.321 e. The van der Waals surface area contributed by atoms with Crippen molar-refractivity contribution in [1.29, 1.82) is 0 Å². The van der Waals surface area contributed by atoms with Crippen LogP contribution in [0.5, 0.6) is 0 Å². The molecule has 0 aliphatic carbocycles. The van der Waals surface area contributed by atoms with Crippen LogP contribution < -0.4 is 10.6 Å². The van der Waals surface area contributed by atoms with E-state index < -0.39 is 17.3 Å². The van der Waals surface area contributed by atoms with Gasteiger partial charge < -0.3 is 10.2 Å². The van der Waals surface area contributed by atoms with Gasteiger partial charge in [0.1, 0.15) is 5.38 Å². The Morgan fingerprint density at radius 2 is 2.16 bits per heavy atom. The lowest BCUT2D eigenvalue weighted by Gasteiger charge is -2.33. The normalized spacial score (nSPS) is 21.7. The second-order valence-corrected chi connectivity index (χ2v) is 5.75. The molecule has 0 spiro atoms. The van der Waals surface area contributed by atoms with E-state index in [2.05, 4.69) is 22.5 Å². The van der Waals surface area contributed by atoms with Crippen molar-refractivity contribution in [3.8, 4) is 0 Å². The zero-order chi connectivity index (χ0) is 14.3. The summed E-state index contributed by atoms with van der Waals surface area (Å²) in [5.74, 6) is -0.469. The van der Waals surface area contributed by atoms with Crippen molar-refractivity contribution < 1.29 is 9.59 Å². The minimum absolute atomic E-state index is 0.468. The zero-order valence-electron chi connectivity index (χ0n) is 11.7. The SMILES string of the molecule is CC(Cl)C(=O)NC(=O)NCCCN1CCCCC1C. The van der Waals surface area contributed by atoms with Gasteiger partial charge in [-0.1, -0.05) is 6.42 Å². The molecule has 1 fully saturated rings. The van der Waals surface area contributed by atoms with Gasteiger partial charge in [0, 0.05) is 19.1 Å². The summed E-state index contributed by atoms with van der Waals surface area (Å²) in [7, 11) is 0. The van der Waals surface area contributed by atoms with E-state index in [9.17, 15) is 9.59 Å². The number of likely N-dealkylation sites (tertiary alicyclic amines) is 1. The lowest BCUT2D eigenvalue weighted by molar-refractivity contribution is -0.119. The molecule has 2 atom stereocenters. The molecule has 5 nitrogen and oxygen atoms in total. The Morgan fingerprint density at radius 1 is 1.42 bits per heavy atom. The highest BCUT2D eigenvalue weighted by atomic mass is 35.5. The topological polar surface area (TPSA) is 61.4 Å². The highest BCUT2D eigenvalue weighted by Gasteiger charge is 2.17. The maximum atomic E-state index is 11.4. The molecule has 2 unspecified atom stereocenters. The molecule has 1 rings (SSSR count). The highest BCUT2D eigenvalue weighted by molar-refractivity contribution is 6.31. The van der Waals surface area contributed by atoms with E-state index in [1.54, 1.807) is 0 Å². The van der Waals surface area contributed by atoms with Crippen molar-refractivity contribution in [2.75, 3.05) is 19.6 Å². The molecule has 19 heavy (non-hydrogen) atoms. The van der Waals surface area contributed by atoms with Crippen LogP contribution in [0.3, 0.4) is 0 Å². The summed E-state index contributed by atoms with van der Waals surface area (Å²) < 4.78 is 0. The van der Waals surface area contributed by atoms with E-state index in [0.717, 1.165) is 19.5 Å². The Hall–Kier alpha value is -0.810. The van der Waals surface area contributed by atoms with Crippen LogP contribution in [0.1, 0.15) is 39.5 Å². The molecule has 110 valence electrons. The number of amides is 3. The quantitative estimate of drug-likeness (QED) is 0.598. The van der Waals surface area contributed by atoms with E-state index in [1.807, 2.05) is 0 Å². The predicted octanol–water partition coefficient (Wildman–Crippen LogP) is 1.70. The molecule has 2 N–H and O–H groups in total. The fourth-order valence-electron chi connectivity index (χ4n) is 2.23. The van der Waals surface area contributed by atoms with Gasteiger partial charge in [-0.2, -0.15) is 0 Å². The molecule has 1 saturated heterocycles. The van der Waals surface area contributed by atoms with Crippen molar-refractivity contribution in [1.82, 2.24) is 15.5 Å². The Kier molecular flexibility index (Phi) is 7.16. The Bertz CT molecular complexity index is 310. The van der Waals surface area contributed by atoms with Crippen LogP contribution >= 0.6 is 11.6 Å². The molecule has 0 bridgehead atoms. The van der Waals surface area contributed by atoms with Crippen molar-refractivity contribution in [2.45, 2.75) is 50.9 Å². The second kappa shape index (κ2) is 8.38. The number of imide groups is 1. The average molecular weight is 290 g/mol. The van der Waals surface area contributed by atoms with Crippen molar-refractivity contribution in [2.24, 2.45) is 0 Å². The number of urea groups is 1. The monoisotopic (exact) mass is 289 g/mol. The van der Waals surface area contributed by atoms with Crippen LogP contribution in [0, 0.1) is 0 Å². The number of halogens is 1. The molecular weight excluding hydrogens is 266 g/mol. The Labute approximate surface area is 120 Å². The van der Waals surface area contributed by atoms with Gasteiger partial charge in [-0.05, 0) is 39.7 Å². The Morgan fingerprint density at radius 3 is 2.79 bits per heavy atom. The summed E-state index contributed by atoms with van der Waals surface area (Å²) >= 11 is 5.55. The highest BCUT2D eigenvalue weighted by Crippen LogP contribution is 2.15. The molecule has 0 radical (unpaired) electrons. The first-order valence-electron chi connectivity index (χ1n) is 6.97. The first-order valence-corrected chi connectivity index (χ1v) is 7.41. The van der Waals surface area contributed by atoms with Gasteiger partial charge >= 0.3 is 6.03 Å². The number of hydrogen-bond donors (Lipinski definition) is 2. The molecule has 1 aliphatic rings. The van der Waals surface area contributed by atoms with Gasteiger partial charge in [-0.15, -0.1) is 11.6 Å². The minimum Gasteiger partial charge on any atom is -0.338 e. The number of nitrogens with zero attached hydrogens (tertiary/aromatic N) is 1. The fourth-order valence-corrected chi connectivity index (χ4v) is 2.28. The van der Waals surface area contributed by atoms with Crippen LogP contribution in [0.4, 0.5) is 4.79 Å². The van der Waals surface area contributed by atoms with E-state index >= 15 is 0 Å². The zero-order valence-corrected chi connectivity index (χ0v) is 12.5. The average Bonchev–Trinajstić information content (AvgIpc) is 2.36. The van der Waals surface area contributed by atoms with E-state index in [0.29, 0.717) is 12.6 Å². The number of carbonyl (C=O) groups excluding carboxylic acids is 2. The first-order chi connectivity index (χ1) is 9.00. The molecule has 1 aliphatic heterocycles.